The molecule has 0 spiro atoms. The lowest BCUT2D eigenvalue weighted by molar-refractivity contribution is 0.225. The van der Waals surface area contributed by atoms with Crippen LogP contribution in [0.1, 0.15) is 54.4 Å². The summed E-state index contributed by atoms with van der Waals surface area (Å²) >= 11 is 0. The summed E-state index contributed by atoms with van der Waals surface area (Å²) in [6.45, 7) is 12.7. The maximum absolute atomic E-state index is 14.0. The summed E-state index contributed by atoms with van der Waals surface area (Å²) < 4.78 is 14.0. The van der Waals surface area contributed by atoms with Crippen LogP contribution >= 0.6 is 0 Å². The Morgan fingerprint density at radius 3 is 2.50 bits per heavy atom. The predicted molar refractivity (Wildman–Crippen MR) is 95.5 cm³/mol. The highest BCUT2D eigenvalue weighted by molar-refractivity contribution is 5.34. The van der Waals surface area contributed by atoms with Gasteiger partial charge < -0.3 is 5.32 Å². The first-order chi connectivity index (χ1) is 10.4. The lowest BCUT2D eigenvalue weighted by Gasteiger charge is -2.41. The van der Waals surface area contributed by atoms with Crippen molar-refractivity contribution in [3.63, 3.8) is 0 Å². The number of nitrogens with one attached hydrogen (secondary N) is 1. The Labute approximate surface area is 136 Å². The topological polar surface area (TPSA) is 12.0 Å². The smallest absolute Gasteiger partial charge is 0.119 e. The van der Waals surface area contributed by atoms with E-state index in [0.29, 0.717) is 24.3 Å². The third-order valence-electron chi connectivity index (χ3n) is 4.79. The zero-order valence-electron chi connectivity index (χ0n) is 15.0. The largest absolute Gasteiger partial charge is 0.307 e. The van der Waals surface area contributed by atoms with E-state index in [0.717, 1.165) is 12.0 Å². The number of hydrogen-bond donors (Lipinski definition) is 1. The minimum Gasteiger partial charge on any atom is -0.307 e. The first-order valence-corrected chi connectivity index (χ1v) is 8.53. The molecule has 1 rings (SSSR count). The van der Waals surface area contributed by atoms with E-state index in [-0.39, 0.29) is 11.9 Å². The molecule has 0 radical (unpaired) electrons. The quantitative estimate of drug-likeness (QED) is 0.506. The van der Waals surface area contributed by atoms with Crippen LogP contribution in [0.3, 0.4) is 0 Å². The molecule has 4 atom stereocenters. The molecule has 0 aromatic carbocycles. The van der Waals surface area contributed by atoms with E-state index in [4.69, 9.17) is 0 Å². The van der Waals surface area contributed by atoms with Crippen molar-refractivity contribution in [1.29, 1.82) is 0 Å². The molecule has 124 valence electrons. The van der Waals surface area contributed by atoms with Gasteiger partial charge in [0, 0.05) is 12.1 Å². The van der Waals surface area contributed by atoms with Crippen molar-refractivity contribution in [2.45, 2.75) is 66.5 Å². The van der Waals surface area contributed by atoms with Crippen molar-refractivity contribution < 1.29 is 4.39 Å². The Bertz CT molecular complexity index is 470. The van der Waals surface area contributed by atoms with Gasteiger partial charge in [0.1, 0.15) is 5.83 Å². The summed E-state index contributed by atoms with van der Waals surface area (Å²) in [5, 5.41) is 3.71. The van der Waals surface area contributed by atoms with Crippen molar-refractivity contribution in [2.24, 2.45) is 11.8 Å². The molecule has 22 heavy (non-hydrogen) atoms. The summed E-state index contributed by atoms with van der Waals surface area (Å²) in [7, 11) is 0. The van der Waals surface area contributed by atoms with Crippen molar-refractivity contribution >= 4 is 0 Å². The van der Waals surface area contributed by atoms with Gasteiger partial charge in [-0.3, -0.25) is 0 Å². The van der Waals surface area contributed by atoms with Crippen LogP contribution in [0.2, 0.25) is 0 Å². The summed E-state index contributed by atoms with van der Waals surface area (Å²) in [5.74, 6) is 0.910. The SMILES string of the molecule is C\C=C/C(=C\C(F)=C\CC)C1NC(C)C(C)CC1/C(C)=C\C. The van der Waals surface area contributed by atoms with E-state index < -0.39 is 0 Å². The van der Waals surface area contributed by atoms with Crippen LogP contribution in [0, 0.1) is 11.8 Å². The molecule has 0 bridgehead atoms. The highest BCUT2D eigenvalue weighted by Crippen LogP contribution is 2.34. The van der Waals surface area contributed by atoms with Crippen LogP contribution < -0.4 is 5.32 Å². The standard InChI is InChI=1S/C20H32FN/c1-7-10-17(13-18(21)11-8-2)20-19(14(4)9-3)12-15(5)16(6)22-20/h7,9-11,13,15-16,19-20,22H,8,12H2,1-6H3/b10-7-,14-9-,17-13+,18-11-. The minimum absolute atomic E-state index is 0.138. The Hall–Kier alpha value is -1.15. The highest BCUT2D eigenvalue weighted by atomic mass is 19.1. The average molecular weight is 305 g/mol. The van der Waals surface area contributed by atoms with E-state index in [2.05, 4.69) is 39.1 Å². The van der Waals surface area contributed by atoms with Gasteiger partial charge in [0.05, 0.1) is 0 Å². The molecule has 1 aliphatic heterocycles. The van der Waals surface area contributed by atoms with Crippen LogP contribution in [0.15, 0.2) is 47.4 Å². The number of rotatable bonds is 5. The van der Waals surface area contributed by atoms with E-state index in [1.54, 1.807) is 12.2 Å². The van der Waals surface area contributed by atoms with Gasteiger partial charge in [0.15, 0.2) is 0 Å². The maximum Gasteiger partial charge on any atom is 0.119 e. The number of piperidine rings is 1. The number of allylic oxidation sites excluding steroid dienone is 5. The fourth-order valence-corrected chi connectivity index (χ4v) is 3.14. The van der Waals surface area contributed by atoms with Crippen molar-refractivity contribution in [3.8, 4) is 0 Å². The van der Waals surface area contributed by atoms with Gasteiger partial charge in [-0.1, -0.05) is 37.6 Å². The maximum atomic E-state index is 14.0. The second kappa shape index (κ2) is 9.09. The predicted octanol–water partition coefficient (Wildman–Crippen LogP) is 5.72. The van der Waals surface area contributed by atoms with Crippen molar-refractivity contribution in [1.82, 2.24) is 5.32 Å². The normalized spacial score (nSPS) is 31.9. The van der Waals surface area contributed by atoms with Crippen molar-refractivity contribution in [2.75, 3.05) is 0 Å². The molecule has 0 aromatic heterocycles. The minimum atomic E-state index is -0.138. The van der Waals surface area contributed by atoms with Gasteiger partial charge in [-0.25, -0.2) is 4.39 Å². The number of hydrogen-bond acceptors (Lipinski definition) is 1. The van der Waals surface area contributed by atoms with Gasteiger partial charge in [-0.2, -0.15) is 0 Å². The molecule has 0 aliphatic carbocycles. The lowest BCUT2D eigenvalue weighted by atomic mass is 9.75. The Morgan fingerprint density at radius 1 is 1.27 bits per heavy atom. The van der Waals surface area contributed by atoms with Gasteiger partial charge >= 0.3 is 0 Å². The monoisotopic (exact) mass is 305 g/mol. The summed E-state index contributed by atoms with van der Waals surface area (Å²) in [6.07, 6.45) is 11.4. The Kier molecular flexibility index (Phi) is 7.81. The number of halogens is 1. The first kappa shape index (κ1) is 18.9. The molecular formula is C20H32FN. The fourth-order valence-electron chi connectivity index (χ4n) is 3.14. The summed E-state index contributed by atoms with van der Waals surface area (Å²) in [6, 6.07) is 0.618. The first-order valence-electron chi connectivity index (χ1n) is 8.53. The van der Waals surface area contributed by atoms with Gasteiger partial charge in [0.25, 0.3) is 0 Å². The van der Waals surface area contributed by atoms with Crippen LogP contribution in [0.5, 0.6) is 0 Å². The lowest BCUT2D eigenvalue weighted by Crippen LogP contribution is -2.51. The van der Waals surface area contributed by atoms with Crippen LogP contribution in [-0.2, 0) is 0 Å². The fraction of sp³-hybridized carbons (Fsp3) is 0.600. The molecule has 2 heteroatoms. The molecule has 0 saturated carbocycles. The van der Waals surface area contributed by atoms with Crippen LogP contribution in [0.4, 0.5) is 4.39 Å². The second-order valence-corrected chi connectivity index (χ2v) is 6.43. The molecule has 0 amide bonds. The Morgan fingerprint density at radius 2 is 1.95 bits per heavy atom. The molecule has 1 fully saturated rings. The second-order valence-electron chi connectivity index (χ2n) is 6.43. The van der Waals surface area contributed by atoms with Crippen LogP contribution in [-0.4, -0.2) is 12.1 Å². The molecule has 1 nitrogen and oxygen atoms in total. The zero-order chi connectivity index (χ0) is 16.7. The third kappa shape index (κ3) is 4.95. The van der Waals surface area contributed by atoms with Gasteiger partial charge in [-0.15, -0.1) is 0 Å². The molecule has 1 N–H and O–H groups in total. The molecule has 1 aliphatic rings. The molecule has 0 aromatic rings. The summed E-state index contributed by atoms with van der Waals surface area (Å²) in [4.78, 5) is 0. The average Bonchev–Trinajstić information content (AvgIpc) is 2.48. The molecule has 4 unspecified atom stereocenters. The van der Waals surface area contributed by atoms with Crippen LogP contribution in [0.25, 0.3) is 0 Å². The van der Waals surface area contributed by atoms with E-state index in [9.17, 15) is 4.39 Å². The molecule has 1 heterocycles. The van der Waals surface area contributed by atoms with E-state index in [1.165, 1.54) is 5.57 Å². The molecule has 1 saturated heterocycles. The zero-order valence-corrected chi connectivity index (χ0v) is 15.0. The Balaban J connectivity index is 3.20. The molecular weight excluding hydrogens is 273 g/mol. The summed E-state index contributed by atoms with van der Waals surface area (Å²) in [5.41, 5.74) is 2.42. The van der Waals surface area contributed by atoms with Crippen molar-refractivity contribution in [3.05, 3.63) is 47.4 Å². The van der Waals surface area contributed by atoms with Gasteiger partial charge in [0.2, 0.25) is 0 Å². The highest BCUT2D eigenvalue weighted by Gasteiger charge is 2.34. The third-order valence-corrected chi connectivity index (χ3v) is 4.79. The van der Waals surface area contributed by atoms with E-state index in [1.807, 2.05) is 26.0 Å². The van der Waals surface area contributed by atoms with E-state index >= 15 is 0 Å². The van der Waals surface area contributed by atoms with Gasteiger partial charge in [-0.05, 0) is 70.1 Å².